The summed E-state index contributed by atoms with van der Waals surface area (Å²) >= 11 is 0. The van der Waals surface area contributed by atoms with E-state index in [1.807, 2.05) is 0 Å². The molecule has 1 aliphatic rings. The molecular weight excluding hydrogens is 214 g/mol. The van der Waals surface area contributed by atoms with Crippen molar-refractivity contribution in [1.82, 2.24) is 0 Å². The molecule has 0 aromatic carbocycles. The van der Waals surface area contributed by atoms with Gasteiger partial charge in [0.1, 0.15) is 5.54 Å². The Labute approximate surface area is 105 Å². The van der Waals surface area contributed by atoms with Crippen molar-refractivity contribution in [2.24, 2.45) is 17.6 Å². The molecule has 0 bridgehead atoms. The lowest BCUT2D eigenvalue weighted by atomic mass is 9.80. The predicted molar refractivity (Wildman–Crippen MR) is 69.6 cm³/mol. The Morgan fingerprint density at radius 3 is 2.24 bits per heavy atom. The first-order chi connectivity index (χ1) is 7.93. The van der Waals surface area contributed by atoms with Gasteiger partial charge in [0.05, 0.1) is 6.61 Å². The Morgan fingerprint density at radius 1 is 1.24 bits per heavy atom. The van der Waals surface area contributed by atoms with Crippen LogP contribution in [0, 0.1) is 11.8 Å². The Hall–Kier alpha value is -0.570. The highest BCUT2D eigenvalue weighted by molar-refractivity contribution is 5.79. The molecule has 1 aliphatic carbocycles. The van der Waals surface area contributed by atoms with Crippen molar-refractivity contribution in [3.8, 4) is 0 Å². The number of hydrogen-bond donors (Lipinski definition) is 1. The fourth-order valence-corrected chi connectivity index (χ4v) is 2.47. The molecule has 0 aromatic rings. The lowest BCUT2D eigenvalue weighted by Gasteiger charge is -2.28. The largest absolute Gasteiger partial charge is 0.464 e. The molecule has 1 fully saturated rings. The zero-order valence-electron chi connectivity index (χ0n) is 11.5. The molecule has 0 saturated heterocycles. The summed E-state index contributed by atoms with van der Waals surface area (Å²) in [4.78, 5) is 11.5. The average molecular weight is 241 g/mol. The van der Waals surface area contributed by atoms with Gasteiger partial charge in [0.15, 0.2) is 0 Å². The average Bonchev–Trinajstić information content (AvgIpc) is 2.27. The fourth-order valence-electron chi connectivity index (χ4n) is 2.47. The van der Waals surface area contributed by atoms with Crippen LogP contribution in [0.3, 0.4) is 0 Å². The van der Waals surface area contributed by atoms with Crippen LogP contribution in [0.2, 0.25) is 0 Å². The number of ether oxygens (including phenoxy) is 1. The third-order valence-electron chi connectivity index (χ3n) is 3.64. The van der Waals surface area contributed by atoms with Gasteiger partial charge in [-0.1, -0.05) is 32.6 Å². The minimum absolute atomic E-state index is 0.284. The quantitative estimate of drug-likeness (QED) is 0.753. The summed E-state index contributed by atoms with van der Waals surface area (Å²) in [5.41, 5.74) is 4.82. The zero-order chi connectivity index (χ0) is 12.9. The summed E-state index contributed by atoms with van der Waals surface area (Å²) in [5, 5.41) is 0. The molecule has 0 unspecified atom stereocenters. The van der Waals surface area contributed by atoms with Crippen LogP contribution < -0.4 is 5.73 Å². The van der Waals surface area contributed by atoms with Crippen LogP contribution in [0.25, 0.3) is 0 Å². The molecule has 0 amide bonds. The van der Waals surface area contributed by atoms with Crippen molar-refractivity contribution in [3.63, 3.8) is 0 Å². The molecule has 2 N–H and O–H groups in total. The van der Waals surface area contributed by atoms with E-state index < -0.39 is 5.54 Å². The van der Waals surface area contributed by atoms with Crippen LogP contribution in [0.4, 0.5) is 0 Å². The number of nitrogens with two attached hydrogens (primary N) is 1. The second-order valence-electron chi connectivity index (χ2n) is 6.00. The van der Waals surface area contributed by atoms with Crippen molar-refractivity contribution in [2.75, 3.05) is 6.61 Å². The monoisotopic (exact) mass is 241 g/mol. The van der Waals surface area contributed by atoms with Gasteiger partial charge in [-0.05, 0) is 38.5 Å². The number of rotatable bonds is 5. The maximum absolute atomic E-state index is 11.5. The van der Waals surface area contributed by atoms with E-state index in [0.717, 1.165) is 5.92 Å². The molecule has 0 aromatic heterocycles. The fraction of sp³-hybridized carbons (Fsp3) is 0.929. The maximum Gasteiger partial charge on any atom is 0.325 e. The zero-order valence-corrected chi connectivity index (χ0v) is 11.5. The van der Waals surface area contributed by atoms with Gasteiger partial charge in [-0.2, -0.15) is 0 Å². The van der Waals surface area contributed by atoms with Crippen molar-refractivity contribution < 1.29 is 9.53 Å². The van der Waals surface area contributed by atoms with E-state index in [0.29, 0.717) is 12.5 Å². The van der Waals surface area contributed by atoms with Gasteiger partial charge in [0.2, 0.25) is 0 Å². The first-order valence-corrected chi connectivity index (χ1v) is 6.89. The molecule has 17 heavy (non-hydrogen) atoms. The molecule has 3 nitrogen and oxygen atoms in total. The molecule has 0 heterocycles. The number of esters is 1. The summed E-state index contributed by atoms with van der Waals surface area (Å²) in [6, 6.07) is 0. The first-order valence-electron chi connectivity index (χ1n) is 6.89. The van der Waals surface area contributed by atoms with Crippen LogP contribution in [0.5, 0.6) is 0 Å². The topological polar surface area (TPSA) is 52.3 Å². The van der Waals surface area contributed by atoms with E-state index in [-0.39, 0.29) is 5.97 Å². The highest BCUT2D eigenvalue weighted by Crippen LogP contribution is 2.31. The second kappa shape index (κ2) is 6.39. The van der Waals surface area contributed by atoms with Gasteiger partial charge in [-0.15, -0.1) is 0 Å². The molecule has 3 heteroatoms. The summed E-state index contributed by atoms with van der Waals surface area (Å²) in [6.07, 6.45) is 7.62. The summed E-state index contributed by atoms with van der Waals surface area (Å²) < 4.78 is 5.28. The maximum atomic E-state index is 11.5. The SMILES string of the molecule is CCCC1CCC(COC(=O)C(C)(C)N)CC1. The lowest BCUT2D eigenvalue weighted by Crippen LogP contribution is -2.43. The van der Waals surface area contributed by atoms with Gasteiger partial charge < -0.3 is 10.5 Å². The minimum atomic E-state index is -0.862. The molecule has 0 spiro atoms. The second-order valence-corrected chi connectivity index (χ2v) is 6.00. The standard InChI is InChI=1S/C14H27NO2/c1-4-5-11-6-8-12(9-7-11)10-17-13(16)14(2,3)15/h11-12H,4-10,15H2,1-3H3. The molecule has 1 saturated carbocycles. The van der Waals surface area contributed by atoms with Gasteiger partial charge in [-0.3, -0.25) is 4.79 Å². The van der Waals surface area contributed by atoms with E-state index in [2.05, 4.69) is 6.92 Å². The molecule has 0 atom stereocenters. The van der Waals surface area contributed by atoms with Gasteiger partial charge in [0, 0.05) is 0 Å². The van der Waals surface area contributed by atoms with Gasteiger partial charge >= 0.3 is 5.97 Å². The molecule has 1 rings (SSSR count). The predicted octanol–water partition coefficient (Wildman–Crippen LogP) is 2.87. The van der Waals surface area contributed by atoms with E-state index >= 15 is 0 Å². The van der Waals surface area contributed by atoms with Crippen LogP contribution >= 0.6 is 0 Å². The van der Waals surface area contributed by atoms with E-state index in [1.54, 1.807) is 13.8 Å². The summed E-state index contributed by atoms with van der Waals surface area (Å²) in [7, 11) is 0. The normalized spacial score (nSPS) is 25.6. The van der Waals surface area contributed by atoms with E-state index in [1.165, 1.54) is 38.5 Å². The van der Waals surface area contributed by atoms with Gasteiger partial charge in [0.25, 0.3) is 0 Å². The van der Waals surface area contributed by atoms with Crippen molar-refractivity contribution >= 4 is 5.97 Å². The van der Waals surface area contributed by atoms with Crippen LogP contribution in [0.15, 0.2) is 0 Å². The minimum Gasteiger partial charge on any atom is -0.464 e. The van der Waals surface area contributed by atoms with Crippen LogP contribution in [0.1, 0.15) is 59.3 Å². The van der Waals surface area contributed by atoms with Crippen molar-refractivity contribution in [1.29, 1.82) is 0 Å². The Morgan fingerprint density at radius 2 is 1.76 bits per heavy atom. The Bertz CT molecular complexity index is 237. The molecule has 0 radical (unpaired) electrons. The van der Waals surface area contributed by atoms with Crippen molar-refractivity contribution in [2.45, 2.75) is 64.8 Å². The van der Waals surface area contributed by atoms with E-state index in [9.17, 15) is 4.79 Å². The Balaban J connectivity index is 2.21. The third kappa shape index (κ3) is 5.07. The molecular formula is C14H27NO2. The third-order valence-corrected chi connectivity index (χ3v) is 3.64. The molecule has 100 valence electrons. The number of hydrogen-bond acceptors (Lipinski definition) is 3. The summed E-state index contributed by atoms with van der Waals surface area (Å²) in [6.45, 7) is 6.18. The van der Waals surface area contributed by atoms with Crippen LogP contribution in [-0.4, -0.2) is 18.1 Å². The lowest BCUT2D eigenvalue weighted by molar-refractivity contribution is -0.150. The van der Waals surface area contributed by atoms with Crippen molar-refractivity contribution in [3.05, 3.63) is 0 Å². The summed E-state index contributed by atoms with van der Waals surface area (Å²) in [5.74, 6) is 1.17. The smallest absolute Gasteiger partial charge is 0.325 e. The number of carbonyl (C=O) groups excluding carboxylic acids is 1. The van der Waals surface area contributed by atoms with Gasteiger partial charge in [-0.25, -0.2) is 0 Å². The first kappa shape index (κ1) is 14.5. The van der Waals surface area contributed by atoms with E-state index in [4.69, 9.17) is 10.5 Å². The molecule has 0 aliphatic heterocycles. The highest BCUT2D eigenvalue weighted by atomic mass is 16.5. The highest BCUT2D eigenvalue weighted by Gasteiger charge is 2.26. The number of carbonyl (C=O) groups is 1. The van der Waals surface area contributed by atoms with Crippen LogP contribution in [-0.2, 0) is 9.53 Å². The Kier molecular flexibility index (Phi) is 5.44.